The van der Waals surface area contributed by atoms with Crippen LogP contribution in [0, 0.1) is 11.3 Å². The highest BCUT2D eigenvalue weighted by Crippen LogP contribution is 2.37. The first-order valence-electron chi connectivity index (χ1n) is 10.1. The fourth-order valence-electron chi connectivity index (χ4n) is 4.22. The van der Waals surface area contributed by atoms with Gasteiger partial charge in [0, 0.05) is 48.3 Å². The number of aromatic nitrogens is 1. The van der Waals surface area contributed by atoms with Crippen molar-refractivity contribution in [1.29, 1.82) is 5.26 Å². The number of nitriles is 1. The Balaban J connectivity index is 1.73. The van der Waals surface area contributed by atoms with E-state index < -0.39 is 15.5 Å². The summed E-state index contributed by atoms with van der Waals surface area (Å²) in [4.78, 5) is 0. The fourth-order valence-corrected chi connectivity index (χ4v) is 5.20. The van der Waals surface area contributed by atoms with E-state index in [1.54, 1.807) is 18.2 Å². The van der Waals surface area contributed by atoms with Crippen LogP contribution in [0.4, 0.5) is 13.2 Å². The Hall–Kier alpha value is -2.87. The number of fused-ring (bicyclic) bond motifs is 1. The van der Waals surface area contributed by atoms with E-state index in [1.165, 1.54) is 0 Å². The molecule has 0 bridgehead atoms. The van der Waals surface area contributed by atoms with Crippen LogP contribution in [0.2, 0.25) is 0 Å². The van der Waals surface area contributed by atoms with Crippen molar-refractivity contribution < 1.29 is 21.6 Å². The maximum Gasteiger partial charge on any atom is 0.511 e. The standard InChI is InChI=1S/C22H21F3N4O2S/c23-22(24,25)32(30,31)28-8-6-18(7-9-28)29-14-20(17-3-1-2-15(10-17)12-26)19-5-4-16(13-27)11-21(19)29/h1-5,10-11,14,18H,6-9,13,27H2. The number of benzene rings is 2. The molecule has 1 fully saturated rings. The quantitative estimate of drug-likeness (QED) is 0.631. The zero-order chi connectivity index (χ0) is 23.1. The number of hydrogen-bond donors (Lipinski definition) is 1. The third kappa shape index (κ3) is 3.88. The van der Waals surface area contributed by atoms with Gasteiger partial charge in [-0.15, -0.1) is 0 Å². The molecule has 0 unspecified atom stereocenters. The molecule has 32 heavy (non-hydrogen) atoms. The summed E-state index contributed by atoms with van der Waals surface area (Å²) in [5.74, 6) is 0. The van der Waals surface area contributed by atoms with E-state index in [4.69, 9.17) is 5.73 Å². The number of hydrogen-bond acceptors (Lipinski definition) is 4. The van der Waals surface area contributed by atoms with Crippen LogP contribution in [0.3, 0.4) is 0 Å². The first-order chi connectivity index (χ1) is 15.2. The molecule has 1 aliphatic heterocycles. The predicted octanol–water partition coefficient (Wildman–Crippen LogP) is 4.13. The van der Waals surface area contributed by atoms with Gasteiger partial charge in [0.1, 0.15) is 0 Å². The number of alkyl halides is 3. The third-order valence-electron chi connectivity index (χ3n) is 5.89. The van der Waals surface area contributed by atoms with Crippen molar-refractivity contribution in [2.45, 2.75) is 30.9 Å². The van der Waals surface area contributed by atoms with Crippen molar-refractivity contribution in [3.05, 3.63) is 59.8 Å². The van der Waals surface area contributed by atoms with E-state index in [1.807, 2.05) is 35.0 Å². The van der Waals surface area contributed by atoms with Gasteiger partial charge < -0.3 is 10.3 Å². The van der Waals surface area contributed by atoms with Gasteiger partial charge in [-0.3, -0.25) is 0 Å². The Morgan fingerprint density at radius 1 is 1.12 bits per heavy atom. The predicted molar refractivity (Wildman–Crippen MR) is 115 cm³/mol. The van der Waals surface area contributed by atoms with Gasteiger partial charge in [0.15, 0.2) is 0 Å². The second-order valence-corrected chi connectivity index (χ2v) is 9.71. The topological polar surface area (TPSA) is 92.1 Å². The minimum absolute atomic E-state index is 0.168. The molecule has 0 atom stereocenters. The minimum Gasteiger partial charge on any atom is -0.344 e. The molecule has 3 aromatic rings. The molecule has 6 nitrogen and oxygen atoms in total. The molecule has 2 heterocycles. The molecular formula is C22H21F3N4O2S. The monoisotopic (exact) mass is 462 g/mol. The molecule has 1 saturated heterocycles. The van der Waals surface area contributed by atoms with E-state index in [-0.39, 0.29) is 32.0 Å². The van der Waals surface area contributed by atoms with E-state index in [0.29, 0.717) is 16.4 Å². The van der Waals surface area contributed by atoms with Gasteiger partial charge in [-0.25, -0.2) is 8.42 Å². The number of sulfonamides is 1. The Morgan fingerprint density at radius 3 is 2.47 bits per heavy atom. The summed E-state index contributed by atoms with van der Waals surface area (Å²) in [5.41, 5.74) is 4.56. The van der Waals surface area contributed by atoms with Gasteiger partial charge in [0.25, 0.3) is 0 Å². The molecule has 0 spiro atoms. The smallest absolute Gasteiger partial charge is 0.344 e. The van der Waals surface area contributed by atoms with Crippen LogP contribution in [-0.4, -0.2) is 35.9 Å². The summed E-state index contributed by atoms with van der Waals surface area (Å²) in [6.07, 6.45) is 2.44. The van der Waals surface area contributed by atoms with Crippen LogP contribution in [0.15, 0.2) is 48.7 Å². The first-order valence-corrected chi connectivity index (χ1v) is 11.5. The summed E-state index contributed by atoms with van der Waals surface area (Å²) in [5, 5.41) is 10.2. The van der Waals surface area contributed by atoms with Crippen molar-refractivity contribution in [2.24, 2.45) is 5.73 Å². The molecule has 0 saturated carbocycles. The summed E-state index contributed by atoms with van der Waals surface area (Å²) in [7, 11) is -5.33. The molecule has 2 aromatic carbocycles. The highest BCUT2D eigenvalue weighted by atomic mass is 32.2. The Morgan fingerprint density at radius 2 is 1.84 bits per heavy atom. The minimum atomic E-state index is -5.33. The second-order valence-electron chi connectivity index (χ2n) is 7.78. The number of rotatable bonds is 4. The number of piperidine rings is 1. The van der Waals surface area contributed by atoms with Gasteiger partial charge in [0.05, 0.1) is 11.6 Å². The summed E-state index contributed by atoms with van der Waals surface area (Å²) >= 11 is 0. The summed E-state index contributed by atoms with van der Waals surface area (Å²) in [6, 6.07) is 15.0. The molecule has 10 heteroatoms. The average molecular weight is 462 g/mol. The highest BCUT2D eigenvalue weighted by molar-refractivity contribution is 7.90. The highest BCUT2D eigenvalue weighted by Gasteiger charge is 2.50. The maximum atomic E-state index is 12.9. The molecule has 168 valence electrons. The zero-order valence-electron chi connectivity index (χ0n) is 17.0. The molecule has 0 radical (unpaired) electrons. The Labute approximate surface area is 183 Å². The van der Waals surface area contributed by atoms with Crippen molar-refractivity contribution in [3.63, 3.8) is 0 Å². The lowest BCUT2D eigenvalue weighted by Gasteiger charge is -2.32. The van der Waals surface area contributed by atoms with Crippen LogP contribution in [0.25, 0.3) is 22.0 Å². The number of halogens is 3. The Bertz CT molecular complexity index is 1300. The maximum absolute atomic E-state index is 12.9. The molecular weight excluding hydrogens is 441 g/mol. The van der Waals surface area contributed by atoms with Gasteiger partial charge in [-0.1, -0.05) is 24.3 Å². The van der Waals surface area contributed by atoms with Crippen molar-refractivity contribution in [3.8, 4) is 17.2 Å². The summed E-state index contributed by atoms with van der Waals surface area (Å²) in [6.45, 7) is -0.0767. The number of nitrogens with two attached hydrogens (primary N) is 1. The van der Waals surface area contributed by atoms with E-state index in [9.17, 15) is 26.9 Å². The van der Waals surface area contributed by atoms with E-state index in [0.717, 1.165) is 27.6 Å². The van der Waals surface area contributed by atoms with Gasteiger partial charge in [-0.2, -0.15) is 22.7 Å². The largest absolute Gasteiger partial charge is 0.511 e. The van der Waals surface area contributed by atoms with Gasteiger partial charge in [-0.05, 0) is 42.2 Å². The van der Waals surface area contributed by atoms with Gasteiger partial charge in [0.2, 0.25) is 0 Å². The average Bonchev–Trinajstić information content (AvgIpc) is 3.17. The SMILES string of the molecule is N#Cc1cccc(-c2cn(C3CCN(S(=O)(=O)C(F)(F)F)CC3)c3cc(CN)ccc23)c1. The van der Waals surface area contributed by atoms with Crippen molar-refractivity contribution in [1.82, 2.24) is 8.87 Å². The fraction of sp³-hybridized carbons (Fsp3) is 0.318. The molecule has 0 amide bonds. The molecule has 2 N–H and O–H groups in total. The van der Waals surface area contributed by atoms with Crippen LogP contribution in [0.1, 0.15) is 30.0 Å². The lowest BCUT2D eigenvalue weighted by Crippen LogP contribution is -2.45. The lowest BCUT2D eigenvalue weighted by atomic mass is 10.0. The van der Waals surface area contributed by atoms with Crippen LogP contribution >= 0.6 is 0 Å². The third-order valence-corrected chi connectivity index (χ3v) is 7.52. The van der Waals surface area contributed by atoms with E-state index in [2.05, 4.69) is 6.07 Å². The van der Waals surface area contributed by atoms with Crippen molar-refractivity contribution in [2.75, 3.05) is 13.1 Å². The second kappa shape index (κ2) is 8.24. The van der Waals surface area contributed by atoms with Gasteiger partial charge >= 0.3 is 15.5 Å². The number of nitrogens with zero attached hydrogens (tertiary/aromatic N) is 3. The summed E-state index contributed by atoms with van der Waals surface area (Å²) < 4.78 is 64.8. The normalized spacial score (nSPS) is 16.3. The molecule has 1 aliphatic rings. The zero-order valence-corrected chi connectivity index (χ0v) is 17.8. The van der Waals surface area contributed by atoms with Crippen molar-refractivity contribution >= 4 is 20.9 Å². The van der Waals surface area contributed by atoms with Crippen LogP contribution in [-0.2, 0) is 16.6 Å². The molecule has 4 rings (SSSR count). The Kier molecular flexibility index (Phi) is 5.75. The van der Waals surface area contributed by atoms with Crippen LogP contribution < -0.4 is 5.73 Å². The lowest BCUT2D eigenvalue weighted by molar-refractivity contribution is -0.0496. The van der Waals surface area contributed by atoms with Crippen LogP contribution in [0.5, 0.6) is 0 Å². The molecule has 1 aromatic heterocycles. The van der Waals surface area contributed by atoms with E-state index >= 15 is 0 Å². The first kappa shape index (κ1) is 22.3. The molecule has 0 aliphatic carbocycles.